The summed E-state index contributed by atoms with van der Waals surface area (Å²) < 4.78 is 14.3. The van der Waals surface area contributed by atoms with Crippen molar-refractivity contribution in [2.75, 3.05) is 40.3 Å². The molecule has 1 aromatic heterocycles. The van der Waals surface area contributed by atoms with Crippen LogP contribution in [-0.4, -0.2) is 84.0 Å². The van der Waals surface area contributed by atoms with Crippen LogP contribution in [0.2, 0.25) is 0 Å². The molecule has 2 atom stereocenters. The summed E-state index contributed by atoms with van der Waals surface area (Å²) in [7, 11) is 4.15. The predicted molar refractivity (Wildman–Crippen MR) is 223 cm³/mol. The molecule has 53 heavy (non-hydrogen) atoms. The highest BCUT2D eigenvalue weighted by atomic mass is 16.5. The number of hydrogen-bond acceptors (Lipinski definition) is 7. The Bertz CT molecular complexity index is 933. The van der Waals surface area contributed by atoms with Crippen LogP contribution in [0.1, 0.15) is 200 Å². The highest BCUT2D eigenvalue weighted by Gasteiger charge is 2.19. The standard InChI is InChI=1S/C45H86N4O4/c1-7-11-15-19-21-25-29-42(27-23-17-13-9-3)52-44(50)32-35-48(34-31-41-39-46-49(40-41)38-37-47(5)6)36-33-45(51)53-43(28-24-18-14-10-4)30-26-22-20-16-12-8-2/h39-40,42-43H,7-38H2,1-6H3. The Hall–Kier alpha value is -1.93. The van der Waals surface area contributed by atoms with E-state index < -0.39 is 0 Å². The normalized spacial score (nSPS) is 12.8. The first-order chi connectivity index (χ1) is 25.8. The molecular weight excluding hydrogens is 661 g/mol. The van der Waals surface area contributed by atoms with Crippen molar-refractivity contribution in [3.63, 3.8) is 0 Å². The van der Waals surface area contributed by atoms with E-state index in [-0.39, 0.29) is 24.1 Å². The second-order valence-electron chi connectivity index (χ2n) is 16.0. The van der Waals surface area contributed by atoms with Gasteiger partial charge >= 0.3 is 11.9 Å². The highest BCUT2D eigenvalue weighted by Crippen LogP contribution is 2.19. The molecule has 0 aliphatic heterocycles. The molecule has 0 saturated carbocycles. The van der Waals surface area contributed by atoms with Crippen LogP contribution in [0.15, 0.2) is 12.4 Å². The van der Waals surface area contributed by atoms with Gasteiger partial charge in [0.15, 0.2) is 0 Å². The summed E-state index contributed by atoms with van der Waals surface area (Å²) in [5, 5.41) is 4.57. The monoisotopic (exact) mass is 747 g/mol. The van der Waals surface area contributed by atoms with Crippen molar-refractivity contribution in [2.24, 2.45) is 0 Å². The van der Waals surface area contributed by atoms with E-state index in [1.54, 1.807) is 0 Å². The lowest BCUT2D eigenvalue weighted by molar-refractivity contribution is -0.150. The second-order valence-corrected chi connectivity index (χ2v) is 16.0. The average molecular weight is 747 g/mol. The van der Waals surface area contributed by atoms with Crippen LogP contribution in [0.3, 0.4) is 0 Å². The van der Waals surface area contributed by atoms with Crippen LogP contribution in [-0.2, 0) is 32.0 Å². The van der Waals surface area contributed by atoms with Gasteiger partial charge in [0.1, 0.15) is 12.2 Å². The Morgan fingerprint density at radius 1 is 0.585 bits per heavy atom. The summed E-state index contributed by atoms with van der Waals surface area (Å²) in [4.78, 5) is 31.0. The van der Waals surface area contributed by atoms with Gasteiger partial charge in [0.05, 0.1) is 25.6 Å². The van der Waals surface area contributed by atoms with E-state index in [2.05, 4.69) is 62.9 Å². The maximum Gasteiger partial charge on any atom is 0.307 e. The van der Waals surface area contributed by atoms with Gasteiger partial charge in [-0.15, -0.1) is 0 Å². The molecule has 8 nitrogen and oxygen atoms in total. The van der Waals surface area contributed by atoms with Crippen molar-refractivity contribution >= 4 is 11.9 Å². The van der Waals surface area contributed by atoms with Crippen LogP contribution in [0.4, 0.5) is 0 Å². The molecule has 8 heteroatoms. The number of carbonyl (C=O) groups is 2. The van der Waals surface area contributed by atoms with Crippen LogP contribution in [0.5, 0.6) is 0 Å². The fraction of sp³-hybridized carbons (Fsp3) is 0.889. The lowest BCUT2D eigenvalue weighted by Gasteiger charge is -2.24. The summed E-state index contributed by atoms with van der Waals surface area (Å²) in [6.45, 7) is 12.7. The summed E-state index contributed by atoms with van der Waals surface area (Å²) in [6, 6.07) is 0. The Morgan fingerprint density at radius 3 is 1.40 bits per heavy atom. The first-order valence-corrected chi connectivity index (χ1v) is 22.6. The molecule has 0 spiro atoms. The SMILES string of the molecule is CCCCCCCCC(CCCCCC)OC(=O)CCN(CCC(=O)OC(CCCCCC)CCCCCCCC)CCc1cnn(CCN(C)C)c1. The molecule has 0 fully saturated rings. The minimum Gasteiger partial charge on any atom is -0.462 e. The van der Waals surface area contributed by atoms with E-state index >= 15 is 0 Å². The molecule has 0 bridgehead atoms. The summed E-state index contributed by atoms with van der Waals surface area (Å²) >= 11 is 0. The summed E-state index contributed by atoms with van der Waals surface area (Å²) in [5.41, 5.74) is 1.18. The Labute approximate surface area is 327 Å². The molecule has 310 valence electrons. The van der Waals surface area contributed by atoms with Crippen LogP contribution < -0.4 is 0 Å². The van der Waals surface area contributed by atoms with Crippen molar-refractivity contribution < 1.29 is 19.1 Å². The van der Waals surface area contributed by atoms with E-state index in [1.807, 2.05) is 10.9 Å². The van der Waals surface area contributed by atoms with E-state index in [0.29, 0.717) is 25.9 Å². The van der Waals surface area contributed by atoms with Crippen molar-refractivity contribution in [1.82, 2.24) is 19.6 Å². The van der Waals surface area contributed by atoms with E-state index in [1.165, 1.54) is 108 Å². The number of rotatable bonds is 38. The van der Waals surface area contributed by atoms with Gasteiger partial charge in [-0.25, -0.2) is 0 Å². The van der Waals surface area contributed by atoms with Gasteiger partial charge in [-0.2, -0.15) is 5.10 Å². The third-order valence-corrected chi connectivity index (χ3v) is 10.6. The molecular formula is C45H86N4O4. The van der Waals surface area contributed by atoms with E-state index in [4.69, 9.17) is 9.47 Å². The fourth-order valence-electron chi connectivity index (χ4n) is 7.00. The van der Waals surface area contributed by atoms with Crippen molar-refractivity contribution in [1.29, 1.82) is 0 Å². The van der Waals surface area contributed by atoms with Crippen molar-refractivity contribution in [3.05, 3.63) is 18.0 Å². The molecule has 0 aliphatic carbocycles. The van der Waals surface area contributed by atoms with Gasteiger partial charge in [-0.3, -0.25) is 14.3 Å². The quantitative estimate of drug-likeness (QED) is 0.0492. The lowest BCUT2D eigenvalue weighted by Crippen LogP contribution is -2.32. The zero-order valence-corrected chi connectivity index (χ0v) is 35.9. The van der Waals surface area contributed by atoms with Gasteiger partial charge in [0.25, 0.3) is 0 Å². The van der Waals surface area contributed by atoms with E-state index in [9.17, 15) is 9.59 Å². The average Bonchev–Trinajstić information content (AvgIpc) is 3.61. The summed E-state index contributed by atoms with van der Waals surface area (Å²) in [6.07, 6.45) is 34.0. The van der Waals surface area contributed by atoms with Crippen LogP contribution >= 0.6 is 0 Å². The third kappa shape index (κ3) is 29.1. The van der Waals surface area contributed by atoms with Crippen molar-refractivity contribution in [2.45, 2.75) is 220 Å². The molecule has 1 rings (SSSR count). The number of carbonyl (C=O) groups excluding carboxylic acids is 2. The number of likely N-dealkylation sites (N-methyl/N-ethyl adjacent to an activating group) is 1. The molecule has 0 radical (unpaired) electrons. The first-order valence-electron chi connectivity index (χ1n) is 22.6. The predicted octanol–water partition coefficient (Wildman–Crippen LogP) is 11.3. The lowest BCUT2D eigenvalue weighted by atomic mass is 10.0. The zero-order chi connectivity index (χ0) is 38.8. The van der Waals surface area contributed by atoms with Gasteiger partial charge in [0, 0.05) is 32.4 Å². The maximum absolute atomic E-state index is 13.3. The van der Waals surface area contributed by atoms with Gasteiger partial charge < -0.3 is 19.3 Å². The van der Waals surface area contributed by atoms with Crippen LogP contribution in [0, 0.1) is 0 Å². The number of aromatic nitrogens is 2. The largest absolute Gasteiger partial charge is 0.462 e. The molecule has 1 heterocycles. The number of unbranched alkanes of at least 4 members (excludes halogenated alkanes) is 16. The Morgan fingerprint density at radius 2 is 0.981 bits per heavy atom. The molecule has 0 N–H and O–H groups in total. The molecule has 0 amide bonds. The maximum atomic E-state index is 13.3. The Balaban J connectivity index is 2.82. The number of ether oxygens (including phenoxy) is 2. The number of esters is 2. The third-order valence-electron chi connectivity index (χ3n) is 10.6. The molecule has 0 aliphatic rings. The first kappa shape index (κ1) is 49.1. The molecule has 0 aromatic carbocycles. The number of nitrogens with zero attached hydrogens (tertiary/aromatic N) is 4. The summed E-state index contributed by atoms with van der Waals surface area (Å²) in [5.74, 6) is -0.210. The Kier molecular flexibility index (Phi) is 32.0. The van der Waals surface area contributed by atoms with Gasteiger partial charge in [-0.1, -0.05) is 130 Å². The van der Waals surface area contributed by atoms with Crippen LogP contribution in [0.25, 0.3) is 0 Å². The molecule has 0 saturated heterocycles. The highest BCUT2D eigenvalue weighted by molar-refractivity contribution is 5.70. The molecule has 1 aromatic rings. The van der Waals surface area contributed by atoms with Gasteiger partial charge in [0.2, 0.25) is 0 Å². The number of hydrogen-bond donors (Lipinski definition) is 0. The van der Waals surface area contributed by atoms with Crippen molar-refractivity contribution in [3.8, 4) is 0 Å². The zero-order valence-electron chi connectivity index (χ0n) is 35.9. The smallest absolute Gasteiger partial charge is 0.307 e. The fourth-order valence-corrected chi connectivity index (χ4v) is 7.00. The van der Waals surface area contributed by atoms with E-state index in [0.717, 1.165) is 77.4 Å². The second kappa shape index (κ2) is 34.6. The minimum atomic E-state index is -0.105. The topological polar surface area (TPSA) is 76.9 Å². The minimum absolute atomic E-state index is 0.0165. The molecule has 2 unspecified atom stereocenters. The van der Waals surface area contributed by atoms with Gasteiger partial charge in [-0.05, 0) is 77.4 Å².